The summed E-state index contributed by atoms with van der Waals surface area (Å²) in [4.78, 5) is 29.8. The minimum absolute atomic E-state index is 0.0804. The predicted octanol–water partition coefficient (Wildman–Crippen LogP) is 7.18. The van der Waals surface area contributed by atoms with Crippen LogP contribution < -0.4 is 20.1 Å². The molecule has 2 N–H and O–H groups in total. The molecule has 1 aromatic heterocycles. The van der Waals surface area contributed by atoms with E-state index in [-0.39, 0.29) is 10.2 Å². The molecule has 0 spiro atoms. The number of amides is 2. The Morgan fingerprint density at radius 2 is 1.46 bits per heavy atom. The number of carbonyl (C=O) groups is 2. The van der Waals surface area contributed by atoms with E-state index < -0.39 is 35.2 Å². The molecule has 0 unspecified atom stereocenters. The van der Waals surface area contributed by atoms with Gasteiger partial charge in [0.15, 0.2) is 0 Å². The molecule has 5 rings (SSSR count). The molecule has 1 fully saturated rings. The number of anilines is 2. The van der Waals surface area contributed by atoms with Gasteiger partial charge in [0, 0.05) is 23.0 Å². The first-order valence-corrected chi connectivity index (χ1v) is 12.3. The van der Waals surface area contributed by atoms with Crippen LogP contribution in [0.5, 0.6) is 17.2 Å². The van der Waals surface area contributed by atoms with Crippen molar-refractivity contribution in [2.45, 2.75) is 19.2 Å². The van der Waals surface area contributed by atoms with Crippen LogP contribution in [0.15, 0.2) is 77.4 Å². The van der Waals surface area contributed by atoms with Gasteiger partial charge < -0.3 is 20.1 Å². The molecule has 39 heavy (non-hydrogen) atoms. The van der Waals surface area contributed by atoms with Crippen molar-refractivity contribution in [2.24, 2.45) is 5.41 Å². The van der Waals surface area contributed by atoms with E-state index in [9.17, 15) is 27.2 Å². The molecule has 1 aliphatic carbocycles. The van der Waals surface area contributed by atoms with Crippen LogP contribution in [0.25, 0.3) is 10.9 Å². The summed E-state index contributed by atoms with van der Waals surface area (Å²) in [6, 6.07) is 15.6. The molecule has 1 heterocycles. The number of halogens is 5. The van der Waals surface area contributed by atoms with Crippen LogP contribution in [0.1, 0.15) is 12.8 Å². The fourth-order valence-electron chi connectivity index (χ4n) is 3.86. The fraction of sp³-hybridized carbons (Fsp3) is 0.148. The minimum atomic E-state index is -4.87. The number of nitrogens with zero attached hydrogens (tertiary/aromatic N) is 1. The number of carbonyl (C=O) groups excluding carboxylic acids is 2. The van der Waals surface area contributed by atoms with Crippen LogP contribution in [0.4, 0.5) is 28.9 Å². The molecule has 0 saturated heterocycles. The summed E-state index contributed by atoms with van der Waals surface area (Å²) < 4.78 is 61.5. The van der Waals surface area contributed by atoms with Gasteiger partial charge in [-0.25, -0.2) is 4.39 Å². The van der Waals surface area contributed by atoms with Crippen molar-refractivity contribution >= 4 is 50.0 Å². The second-order valence-electron chi connectivity index (χ2n) is 8.78. The quantitative estimate of drug-likeness (QED) is 0.172. The van der Waals surface area contributed by atoms with E-state index in [0.717, 1.165) is 0 Å². The normalized spacial score (nSPS) is 14.0. The Morgan fingerprint density at radius 1 is 0.872 bits per heavy atom. The summed E-state index contributed by atoms with van der Waals surface area (Å²) in [5, 5.41) is 5.66. The maximum atomic E-state index is 13.1. The molecule has 200 valence electrons. The number of fused-ring (bicyclic) bond motifs is 1. The number of ether oxygens (including phenoxy) is 2. The molecule has 1 saturated carbocycles. The monoisotopic (exact) mass is 603 g/mol. The lowest BCUT2D eigenvalue weighted by molar-refractivity contribution is -0.274. The van der Waals surface area contributed by atoms with Crippen molar-refractivity contribution in [2.75, 3.05) is 10.6 Å². The van der Waals surface area contributed by atoms with Gasteiger partial charge >= 0.3 is 6.36 Å². The number of pyridine rings is 1. The third-order valence-corrected chi connectivity index (χ3v) is 6.66. The van der Waals surface area contributed by atoms with Gasteiger partial charge in [0.2, 0.25) is 11.8 Å². The Labute approximate surface area is 227 Å². The van der Waals surface area contributed by atoms with E-state index >= 15 is 0 Å². The van der Waals surface area contributed by atoms with Crippen LogP contribution in [0.3, 0.4) is 0 Å². The first-order chi connectivity index (χ1) is 18.5. The Bertz CT molecular complexity index is 1560. The third kappa shape index (κ3) is 5.95. The molecule has 7 nitrogen and oxygen atoms in total. The molecule has 0 bridgehead atoms. The van der Waals surface area contributed by atoms with Gasteiger partial charge in [0.05, 0.1) is 9.99 Å². The standard InChI is InChI=1S/C27H18BrF4N3O4/c28-20-14-21-19(13-23(20)39-27(30,31)32)22(9-12-33-21)38-18-7-5-17(6-8-18)35-25(37)26(10-11-26)24(36)34-16-3-1-15(29)2-4-16/h1-9,12-14H,10-11H2,(H,34,36)(H,35,37). The number of benzene rings is 3. The Morgan fingerprint density at radius 3 is 2.03 bits per heavy atom. The van der Waals surface area contributed by atoms with Crippen molar-refractivity contribution in [3.8, 4) is 17.2 Å². The van der Waals surface area contributed by atoms with Crippen molar-refractivity contribution in [1.82, 2.24) is 4.98 Å². The molecule has 4 aromatic rings. The average molecular weight is 604 g/mol. The lowest BCUT2D eigenvalue weighted by Crippen LogP contribution is -2.35. The number of hydrogen-bond donors (Lipinski definition) is 2. The fourth-order valence-corrected chi connectivity index (χ4v) is 4.28. The first-order valence-electron chi connectivity index (χ1n) is 11.5. The van der Waals surface area contributed by atoms with E-state index in [1.165, 1.54) is 48.7 Å². The highest BCUT2D eigenvalue weighted by molar-refractivity contribution is 9.10. The van der Waals surface area contributed by atoms with E-state index in [1.54, 1.807) is 24.3 Å². The molecule has 0 aliphatic heterocycles. The van der Waals surface area contributed by atoms with Crippen LogP contribution in [-0.4, -0.2) is 23.2 Å². The van der Waals surface area contributed by atoms with Crippen molar-refractivity contribution in [3.63, 3.8) is 0 Å². The molecular formula is C27H18BrF4N3O4. The van der Waals surface area contributed by atoms with E-state index in [4.69, 9.17) is 4.74 Å². The summed E-state index contributed by atoms with van der Waals surface area (Å²) >= 11 is 3.06. The summed E-state index contributed by atoms with van der Waals surface area (Å²) in [6.07, 6.45) is -2.67. The number of alkyl halides is 3. The predicted molar refractivity (Wildman–Crippen MR) is 138 cm³/mol. The van der Waals surface area contributed by atoms with Gasteiger partial charge in [-0.3, -0.25) is 14.6 Å². The van der Waals surface area contributed by atoms with E-state index in [0.29, 0.717) is 40.9 Å². The minimum Gasteiger partial charge on any atom is -0.457 e. The zero-order valence-corrected chi connectivity index (χ0v) is 21.4. The lowest BCUT2D eigenvalue weighted by atomic mass is 10.0. The second-order valence-corrected chi connectivity index (χ2v) is 9.63. The largest absolute Gasteiger partial charge is 0.573 e. The number of hydrogen-bond acceptors (Lipinski definition) is 5. The van der Waals surface area contributed by atoms with Gasteiger partial charge in [-0.05, 0) is 95.5 Å². The van der Waals surface area contributed by atoms with Crippen LogP contribution in [0.2, 0.25) is 0 Å². The Hall–Kier alpha value is -4.19. The Balaban J connectivity index is 1.28. The molecule has 1 aliphatic rings. The summed E-state index contributed by atoms with van der Waals surface area (Å²) in [5.41, 5.74) is -0.0386. The van der Waals surface area contributed by atoms with Crippen molar-refractivity contribution < 1.29 is 36.6 Å². The number of aromatic nitrogens is 1. The molecular weight excluding hydrogens is 586 g/mol. The van der Waals surface area contributed by atoms with Crippen molar-refractivity contribution in [1.29, 1.82) is 0 Å². The molecule has 3 aromatic carbocycles. The van der Waals surface area contributed by atoms with Gasteiger partial charge in [-0.1, -0.05) is 0 Å². The van der Waals surface area contributed by atoms with E-state index in [1.807, 2.05) is 0 Å². The van der Waals surface area contributed by atoms with Gasteiger partial charge in [-0.2, -0.15) is 0 Å². The zero-order chi connectivity index (χ0) is 27.8. The highest BCUT2D eigenvalue weighted by Crippen LogP contribution is 2.47. The van der Waals surface area contributed by atoms with Gasteiger partial charge in [-0.15, -0.1) is 13.2 Å². The maximum absolute atomic E-state index is 13.1. The maximum Gasteiger partial charge on any atom is 0.573 e. The van der Waals surface area contributed by atoms with Crippen LogP contribution in [0, 0.1) is 11.2 Å². The van der Waals surface area contributed by atoms with Gasteiger partial charge in [0.1, 0.15) is 28.5 Å². The topological polar surface area (TPSA) is 89.6 Å². The molecule has 0 radical (unpaired) electrons. The van der Waals surface area contributed by atoms with Crippen LogP contribution in [-0.2, 0) is 9.59 Å². The first kappa shape index (κ1) is 26.4. The number of rotatable bonds is 7. The third-order valence-electron chi connectivity index (χ3n) is 6.04. The molecule has 2 amide bonds. The highest BCUT2D eigenvalue weighted by atomic mass is 79.9. The second kappa shape index (κ2) is 10.2. The highest BCUT2D eigenvalue weighted by Gasteiger charge is 2.56. The molecule has 0 atom stereocenters. The summed E-state index contributed by atoms with van der Waals surface area (Å²) in [5.74, 6) is -1.24. The van der Waals surface area contributed by atoms with Crippen molar-refractivity contribution in [3.05, 3.63) is 83.2 Å². The summed E-state index contributed by atoms with van der Waals surface area (Å²) in [6.45, 7) is 0. The number of nitrogens with one attached hydrogen (secondary N) is 2. The summed E-state index contributed by atoms with van der Waals surface area (Å²) in [7, 11) is 0. The van der Waals surface area contributed by atoms with Gasteiger partial charge in [0.25, 0.3) is 0 Å². The Kier molecular flexibility index (Phi) is 6.89. The smallest absolute Gasteiger partial charge is 0.457 e. The van der Waals surface area contributed by atoms with Crippen LogP contribution >= 0.6 is 15.9 Å². The molecule has 12 heteroatoms. The average Bonchev–Trinajstić information content (AvgIpc) is 3.69. The lowest BCUT2D eigenvalue weighted by Gasteiger charge is -2.16. The SMILES string of the molecule is O=C(Nc1ccc(F)cc1)C1(C(=O)Nc2ccc(Oc3ccnc4cc(Br)c(OC(F)(F)F)cc34)cc2)CC1. The van der Waals surface area contributed by atoms with E-state index in [2.05, 4.69) is 36.3 Å². The zero-order valence-electron chi connectivity index (χ0n) is 19.8.